The number of hydrogen-bond acceptors (Lipinski definition) is 4. The van der Waals surface area contributed by atoms with E-state index in [0.717, 1.165) is 15.4 Å². The molecule has 0 aromatic heterocycles. The van der Waals surface area contributed by atoms with Gasteiger partial charge in [-0.15, -0.1) is 0 Å². The minimum absolute atomic E-state index is 0.0220. The zero-order chi connectivity index (χ0) is 32.6. The Bertz CT molecular complexity index is 1720. The van der Waals surface area contributed by atoms with Crippen molar-refractivity contribution in [2.75, 3.05) is 10.8 Å². The Kier molecular flexibility index (Phi) is 11.1. The molecule has 0 heterocycles. The number of sulfonamides is 1. The van der Waals surface area contributed by atoms with E-state index in [-0.39, 0.29) is 29.5 Å². The zero-order valence-corrected chi connectivity index (χ0v) is 26.9. The Morgan fingerprint density at radius 3 is 2.11 bits per heavy atom. The number of carbonyl (C=O) groups is 2. The van der Waals surface area contributed by atoms with Gasteiger partial charge in [-0.3, -0.25) is 13.9 Å². The maximum absolute atomic E-state index is 15.1. The van der Waals surface area contributed by atoms with Gasteiger partial charge in [-0.2, -0.15) is 0 Å². The minimum Gasteiger partial charge on any atom is -0.352 e. The predicted molar refractivity (Wildman–Crippen MR) is 176 cm³/mol. The average Bonchev–Trinajstić information content (AvgIpc) is 3.03. The highest BCUT2D eigenvalue weighted by Gasteiger charge is 2.35. The number of carbonyl (C=O) groups excluding carboxylic acids is 2. The predicted octanol–water partition coefficient (Wildman–Crippen LogP) is 6.19. The molecule has 0 fully saturated rings. The molecule has 0 aliphatic carbocycles. The van der Waals surface area contributed by atoms with Crippen LogP contribution in [0.15, 0.2) is 108 Å². The Hall–Kier alpha value is -4.50. The summed E-state index contributed by atoms with van der Waals surface area (Å²) >= 11 is 0. The molecule has 45 heavy (non-hydrogen) atoms. The molecule has 4 rings (SSSR count). The smallest absolute Gasteiger partial charge is 0.264 e. The van der Waals surface area contributed by atoms with Gasteiger partial charge in [0.25, 0.3) is 10.0 Å². The zero-order valence-electron chi connectivity index (χ0n) is 26.1. The molecule has 2 amide bonds. The molecule has 0 bridgehead atoms. The molecule has 0 aliphatic heterocycles. The lowest BCUT2D eigenvalue weighted by molar-refractivity contribution is -0.140. The van der Waals surface area contributed by atoms with Gasteiger partial charge < -0.3 is 10.2 Å². The number of hydrogen-bond donors (Lipinski definition) is 1. The molecule has 9 heteroatoms. The van der Waals surface area contributed by atoms with Crippen molar-refractivity contribution < 1.29 is 22.4 Å². The monoisotopic (exact) mass is 629 g/mol. The van der Waals surface area contributed by atoms with Crippen LogP contribution in [-0.2, 0) is 32.6 Å². The van der Waals surface area contributed by atoms with Crippen LogP contribution in [0.3, 0.4) is 0 Å². The van der Waals surface area contributed by atoms with Crippen molar-refractivity contribution >= 4 is 27.5 Å². The van der Waals surface area contributed by atoms with Crippen molar-refractivity contribution in [2.45, 2.75) is 64.1 Å². The number of halogens is 1. The summed E-state index contributed by atoms with van der Waals surface area (Å²) in [5.41, 5.74) is 2.96. The SMILES string of the molecule is CC[C@H](C)NC(=O)[C@@H](Cc1ccccc1)N(Cc1ccccc1F)C(=O)CN(c1ccc(C)cc1C)S(=O)(=O)c1ccccc1. The highest BCUT2D eigenvalue weighted by Crippen LogP contribution is 2.28. The first-order valence-corrected chi connectivity index (χ1v) is 16.5. The van der Waals surface area contributed by atoms with Crippen molar-refractivity contribution in [1.82, 2.24) is 10.2 Å². The molecule has 7 nitrogen and oxygen atoms in total. The number of anilines is 1. The van der Waals surface area contributed by atoms with Crippen LogP contribution in [0.2, 0.25) is 0 Å². The number of nitrogens with one attached hydrogen (secondary N) is 1. The summed E-state index contributed by atoms with van der Waals surface area (Å²) in [5.74, 6) is -1.57. The molecule has 0 saturated carbocycles. The van der Waals surface area contributed by atoms with E-state index < -0.39 is 40.2 Å². The second-order valence-corrected chi connectivity index (χ2v) is 13.1. The molecule has 4 aromatic rings. The van der Waals surface area contributed by atoms with Crippen LogP contribution < -0.4 is 9.62 Å². The lowest BCUT2D eigenvalue weighted by atomic mass is 10.0. The topological polar surface area (TPSA) is 86.8 Å². The average molecular weight is 630 g/mol. The summed E-state index contributed by atoms with van der Waals surface area (Å²) in [6.07, 6.45) is 0.819. The summed E-state index contributed by atoms with van der Waals surface area (Å²) in [6, 6.07) is 27.3. The normalized spacial score (nSPS) is 12.6. The van der Waals surface area contributed by atoms with E-state index >= 15 is 4.39 Å². The van der Waals surface area contributed by atoms with Gasteiger partial charge in [-0.1, -0.05) is 91.3 Å². The second-order valence-electron chi connectivity index (χ2n) is 11.3. The van der Waals surface area contributed by atoms with Gasteiger partial charge in [0.2, 0.25) is 11.8 Å². The third-order valence-electron chi connectivity index (χ3n) is 7.80. The largest absolute Gasteiger partial charge is 0.352 e. The van der Waals surface area contributed by atoms with Crippen molar-refractivity contribution in [3.05, 3.63) is 131 Å². The van der Waals surface area contributed by atoms with Crippen molar-refractivity contribution in [1.29, 1.82) is 0 Å². The van der Waals surface area contributed by atoms with Crippen LogP contribution in [0, 0.1) is 19.7 Å². The highest BCUT2D eigenvalue weighted by atomic mass is 32.2. The van der Waals surface area contributed by atoms with Gasteiger partial charge in [0.15, 0.2) is 0 Å². The maximum atomic E-state index is 15.1. The number of amides is 2. The summed E-state index contributed by atoms with van der Waals surface area (Å²) < 4.78 is 44.4. The first kappa shape index (κ1) is 33.4. The third kappa shape index (κ3) is 8.36. The molecule has 0 spiro atoms. The molecule has 2 atom stereocenters. The molecule has 0 radical (unpaired) electrons. The van der Waals surface area contributed by atoms with Crippen LogP contribution >= 0.6 is 0 Å². The van der Waals surface area contributed by atoms with Crippen LogP contribution in [0.1, 0.15) is 42.5 Å². The maximum Gasteiger partial charge on any atom is 0.264 e. The van der Waals surface area contributed by atoms with E-state index in [2.05, 4.69) is 5.32 Å². The quantitative estimate of drug-likeness (QED) is 0.191. The molecule has 236 valence electrons. The van der Waals surface area contributed by atoms with E-state index in [0.29, 0.717) is 17.7 Å². The van der Waals surface area contributed by atoms with E-state index in [9.17, 15) is 18.0 Å². The van der Waals surface area contributed by atoms with Gasteiger partial charge in [-0.05, 0) is 62.6 Å². The Balaban J connectivity index is 1.83. The summed E-state index contributed by atoms with van der Waals surface area (Å²) in [6.45, 7) is 6.67. The Labute approximate surface area is 265 Å². The first-order chi connectivity index (χ1) is 21.5. The van der Waals surface area contributed by atoms with Gasteiger partial charge >= 0.3 is 0 Å². The molecule has 1 N–H and O–H groups in total. The van der Waals surface area contributed by atoms with Gasteiger partial charge in [0.05, 0.1) is 10.6 Å². The highest BCUT2D eigenvalue weighted by molar-refractivity contribution is 7.92. The number of benzene rings is 4. The van der Waals surface area contributed by atoms with E-state index in [1.54, 1.807) is 55.5 Å². The van der Waals surface area contributed by atoms with Crippen molar-refractivity contribution in [3.63, 3.8) is 0 Å². The lowest BCUT2D eigenvalue weighted by Gasteiger charge is -2.34. The molecule has 0 saturated heterocycles. The van der Waals surface area contributed by atoms with Crippen LogP contribution in [0.4, 0.5) is 10.1 Å². The van der Waals surface area contributed by atoms with E-state index in [1.165, 1.54) is 23.1 Å². The third-order valence-corrected chi connectivity index (χ3v) is 9.58. The fraction of sp³-hybridized carbons (Fsp3) is 0.278. The van der Waals surface area contributed by atoms with Crippen molar-refractivity contribution in [3.8, 4) is 0 Å². The van der Waals surface area contributed by atoms with Gasteiger partial charge in [0.1, 0.15) is 18.4 Å². The standard InChI is InChI=1S/C36H40FN3O4S/c1-5-28(4)38-36(42)34(23-29-14-8-6-9-15-29)39(24-30-16-12-13-19-32(30)37)35(41)25-40(33-21-20-26(2)22-27(33)3)45(43,44)31-17-10-7-11-18-31/h6-22,28,34H,5,23-25H2,1-4H3,(H,38,42)/t28-,34+/m0/s1. The molecule has 4 aromatic carbocycles. The molecule has 0 aliphatic rings. The van der Waals surface area contributed by atoms with Crippen molar-refractivity contribution in [2.24, 2.45) is 0 Å². The molecular weight excluding hydrogens is 589 g/mol. The van der Waals surface area contributed by atoms with Gasteiger partial charge in [-0.25, -0.2) is 12.8 Å². The van der Waals surface area contributed by atoms with Crippen LogP contribution in [-0.4, -0.2) is 43.8 Å². The Morgan fingerprint density at radius 2 is 1.49 bits per heavy atom. The fourth-order valence-electron chi connectivity index (χ4n) is 5.12. The number of rotatable bonds is 13. The molecule has 0 unspecified atom stereocenters. The van der Waals surface area contributed by atoms with Crippen LogP contribution in [0.25, 0.3) is 0 Å². The van der Waals surface area contributed by atoms with Gasteiger partial charge in [0, 0.05) is 24.6 Å². The Morgan fingerprint density at radius 1 is 0.867 bits per heavy atom. The van der Waals surface area contributed by atoms with Crippen LogP contribution in [0.5, 0.6) is 0 Å². The van der Waals surface area contributed by atoms with E-state index in [4.69, 9.17) is 0 Å². The lowest BCUT2D eigenvalue weighted by Crippen LogP contribution is -2.54. The summed E-state index contributed by atoms with van der Waals surface area (Å²) in [5, 5.41) is 2.98. The summed E-state index contributed by atoms with van der Waals surface area (Å²) in [7, 11) is -4.22. The minimum atomic E-state index is -4.22. The summed E-state index contributed by atoms with van der Waals surface area (Å²) in [4.78, 5) is 29.7. The number of aryl methyl sites for hydroxylation is 2. The fourth-order valence-corrected chi connectivity index (χ4v) is 6.62. The number of nitrogens with zero attached hydrogens (tertiary/aromatic N) is 2. The molecular formula is C36H40FN3O4S. The van der Waals surface area contributed by atoms with E-state index in [1.807, 2.05) is 57.2 Å². The first-order valence-electron chi connectivity index (χ1n) is 15.0. The second kappa shape index (κ2) is 15.0.